The van der Waals surface area contributed by atoms with E-state index in [1.54, 1.807) is 41.2 Å². The number of carbonyl (C=O) groups is 1. The maximum atomic E-state index is 13.5. The van der Waals surface area contributed by atoms with Crippen molar-refractivity contribution in [2.24, 2.45) is 13.0 Å². The lowest BCUT2D eigenvalue weighted by Gasteiger charge is -2.31. The van der Waals surface area contributed by atoms with Crippen LogP contribution < -0.4 is 10.1 Å². The topological polar surface area (TPSA) is 93.5 Å². The molecule has 4 rings (SSSR count). The number of nitrogens with zero attached hydrogens (tertiary/aromatic N) is 3. The Hall–Kier alpha value is -3.24. The van der Waals surface area contributed by atoms with Crippen molar-refractivity contribution >= 4 is 15.9 Å². The number of aryl methyl sites for hydroxylation is 1. The largest absolute Gasteiger partial charge is 0.497 e. The highest BCUT2D eigenvalue weighted by Gasteiger charge is 2.33. The average molecular weight is 487 g/mol. The number of hydrogen-bond donors (Lipinski definition) is 1. The van der Waals surface area contributed by atoms with Crippen molar-refractivity contribution in [3.8, 4) is 5.75 Å². The van der Waals surface area contributed by atoms with Gasteiger partial charge in [0.15, 0.2) is 0 Å². The summed E-state index contributed by atoms with van der Waals surface area (Å²) in [6.07, 6.45) is 4.22. The van der Waals surface area contributed by atoms with Crippen LogP contribution in [-0.4, -0.2) is 48.4 Å². The Morgan fingerprint density at radius 3 is 2.32 bits per heavy atom. The molecule has 1 saturated heterocycles. The lowest BCUT2D eigenvalue weighted by Crippen LogP contribution is -2.44. The number of methoxy groups -OCH3 is 1. The summed E-state index contributed by atoms with van der Waals surface area (Å²) in [7, 11) is -0.302. The van der Waals surface area contributed by atoms with Gasteiger partial charge in [0, 0.05) is 38.4 Å². The first kappa shape index (κ1) is 23.9. The highest BCUT2D eigenvalue weighted by atomic mass is 32.2. The van der Waals surface area contributed by atoms with Crippen LogP contribution in [0.25, 0.3) is 0 Å². The third-order valence-electron chi connectivity index (χ3n) is 6.13. The minimum absolute atomic E-state index is 0.182. The van der Waals surface area contributed by atoms with Crippen LogP contribution in [0.15, 0.2) is 65.8 Å². The number of rotatable bonds is 7. The molecule has 34 heavy (non-hydrogen) atoms. The third kappa shape index (κ3) is 4.97. The summed E-state index contributed by atoms with van der Waals surface area (Å²) in [5.41, 5.74) is 0.712. The standard InChI is InChI=1S/C24H27FN4O4S/c1-28-16-13-26-23(28)22(17-3-5-19(25)6-4-17)27-24(30)18-11-14-29(15-12-18)34(31,32)21-9-7-20(33-2)8-10-21/h3-10,13,16,18,22H,11-12,14-15H2,1-2H3,(H,27,30)/t22-/m0/s1. The Kier molecular flexibility index (Phi) is 6.99. The Bertz CT molecular complexity index is 1230. The molecule has 1 amide bonds. The first-order valence-electron chi connectivity index (χ1n) is 11.0. The van der Waals surface area contributed by atoms with Crippen molar-refractivity contribution in [2.45, 2.75) is 23.8 Å². The van der Waals surface area contributed by atoms with Crippen LogP contribution >= 0.6 is 0 Å². The van der Waals surface area contributed by atoms with E-state index in [-0.39, 0.29) is 35.6 Å². The molecule has 1 aliphatic heterocycles. The number of carbonyl (C=O) groups excluding carboxylic acids is 1. The second-order valence-electron chi connectivity index (χ2n) is 8.24. The molecule has 0 bridgehead atoms. The zero-order chi connectivity index (χ0) is 24.3. The smallest absolute Gasteiger partial charge is 0.243 e. The van der Waals surface area contributed by atoms with Gasteiger partial charge in [0.25, 0.3) is 0 Å². The van der Waals surface area contributed by atoms with Crippen LogP contribution in [0.3, 0.4) is 0 Å². The molecule has 2 heterocycles. The first-order valence-corrected chi connectivity index (χ1v) is 12.4. The second-order valence-corrected chi connectivity index (χ2v) is 10.2. The van der Waals surface area contributed by atoms with Crippen LogP contribution in [0, 0.1) is 11.7 Å². The van der Waals surface area contributed by atoms with Gasteiger partial charge in [0.05, 0.1) is 12.0 Å². The summed E-state index contributed by atoms with van der Waals surface area (Å²) in [5, 5.41) is 3.04. The van der Waals surface area contributed by atoms with E-state index in [4.69, 9.17) is 4.74 Å². The van der Waals surface area contributed by atoms with Crippen molar-refractivity contribution in [1.29, 1.82) is 0 Å². The molecule has 10 heteroatoms. The Balaban J connectivity index is 1.44. The minimum Gasteiger partial charge on any atom is -0.497 e. The summed E-state index contributed by atoms with van der Waals surface area (Å²) in [4.78, 5) is 17.7. The lowest BCUT2D eigenvalue weighted by atomic mass is 9.96. The van der Waals surface area contributed by atoms with Crippen LogP contribution in [-0.2, 0) is 21.9 Å². The van der Waals surface area contributed by atoms with E-state index >= 15 is 0 Å². The molecule has 1 aromatic heterocycles. The molecule has 8 nitrogen and oxygen atoms in total. The number of imidazole rings is 1. The number of aromatic nitrogens is 2. The molecule has 3 aromatic rings. The second kappa shape index (κ2) is 9.94. The molecule has 0 unspecified atom stereocenters. The van der Waals surface area contributed by atoms with E-state index in [1.165, 1.54) is 35.7 Å². The fraction of sp³-hybridized carbons (Fsp3) is 0.333. The fourth-order valence-corrected chi connectivity index (χ4v) is 5.59. The Morgan fingerprint density at radius 1 is 1.12 bits per heavy atom. The molecule has 1 N–H and O–H groups in total. The average Bonchev–Trinajstić information content (AvgIpc) is 3.28. The summed E-state index contributed by atoms with van der Waals surface area (Å²) >= 11 is 0. The Morgan fingerprint density at radius 2 is 1.76 bits per heavy atom. The van der Waals surface area contributed by atoms with E-state index in [0.29, 0.717) is 30.0 Å². The van der Waals surface area contributed by atoms with Gasteiger partial charge in [0.2, 0.25) is 15.9 Å². The van der Waals surface area contributed by atoms with Crippen LogP contribution in [0.2, 0.25) is 0 Å². The number of ether oxygens (including phenoxy) is 1. The molecule has 180 valence electrons. The molecule has 2 aromatic carbocycles. The molecule has 0 radical (unpaired) electrons. The molecule has 0 saturated carbocycles. The van der Waals surface area contributed by atoms with E-state index < -0.39 is 16.1 Å². The molecular weight excluding hydrogens is 459 g/mol. The molecule has 1 aliphatic rings. The fourth-order valence-electron chi connectivity index (χ4n) is 4.12. The summed E-state index contributed by atoms with van der Waals surface area (Å²) in [5.74, 6) is 0.320. The number of amides is 1. The first-order chi connectivity index (χ1) is 16.3. The molecule has 1 fully saturated rings. The third-order valence-corrected chi connectivity index (χ3v) is 8.04. The zero-order valence-corrected chi connectivity index (χ0v) is 19.8. The van der Waals surface area contributed by atoms with Gasteiger partial charge < -0.3 is 14.6 Å². The maximum absolute atomic E-state index is 13.5. The van der Waals surface area contributed by atoms with E-state index in [0.717, 1.165) is 0 Å². The van der Waals surface area contributed by atoms with Gasteiger partial charge in [-0.15, -0.1) is 0 Å². The van der Waals surface area contributed by atoms with E-state index in [2.05, 4.69) is 10.3 Å². The predicted octanol–water partition coefficient (Wildman–Crippen LogP) is 2.87. The predicted molar refractivity (Wildman–Crippen MR) is 124 cm³/mol. The van der Waals surface area contributed by atoms with Crippen LogP contribution in [0.1, 0.15) is 30.3 Å². The van der Waals surface area contributed by atoms with Gasteiger partial charge in [-0.25, -0.2) is 17.8 Å². The summed E-state index contributed by atoms with van der Waals surface area (Å²) < 4.78 is 47.7. The summed E-state index contributed by atoms with van der Waals surface area (Å²) in [6.45, 7) is 0.492. The monoisotopic (exact) mass is 486 g/mol. The van der Waals surface area contributed by atoms with Crippen molar-refractivity contribution in [3.63, 3.8) is 0 Å². The molecule has 0 spiro atoms. The van der Waals surface area contributed by atoms with E-state index in [9.17, 15) is 17.6 Å². The molecule has 0 aliphatic carbocycles. The van der Waals surface area contributed by atoms with Crippen molar-refractivity contribution in [2.75, 3.05) is 20.2 Å². The zero-order valence-electron chi connectivity index (χ0n) is 19.0. The number of nitrogens with one attached hydrogen (secondary N) is 1. The Labute approximate surface area is 198 Å². The van der Waals surface area contributed by atoms with Gasteiger partial charge in [0.1, 0.15) is 23.4 Å². The maximum Gasteiger partial charge on any atom is 0.243 e. The van der Waals surface area contributed by atoms with E-state index in [1.807, 2.05) is 7.05 Å². The van der Waals surface area contributed by atoms with Crippen molar-refractivity contribution in [1.82, 2.24) is 19.2 Å². The number of piperidine rings is 1. The quantitative estimate of drug-likeness (QED) is 0.554. The van der Waals surface area contributed by atoms with Crippen LogP contribution in [0.5, 0.6) is 5.75 Å². The normalized spacial score (nSPS) is 16.2. The van der Waals surface area contributed by atoms with Crippen LogP contribution in [0.4, 0.5) is 4.39 Å². The number of halogens is 1. The van der Waals surface area contributed by atoms with Gasteiger partial charge >= 0.3 is 0 Å². The molecular formula is C24H27FN4O4S. The van der Waals surface area contributed by atoms with Crippen molar-refractivity contribution < 1.29 is 22.3 Å². The van der Waals surface area contributed by atoms with Crippen molar-refractivity contribution in [3.05, 3.63) is 78.1 Å². The number of hydrogen-bond acceptors (Lipinski definition) is 5. The lowest BCUT2D eigenvalue weighted by molar-refractivity contribution is -0.126. The molecule has 1 atom stereocenters. The minimum atomic E-state index is -3.65. The van der Waals surface area contributed by atoms with Gasteiger partial charge in [-0.05, 0) is 54.8 Å². The highest BCUT2D eigenvalue weighted by molar-refractivity contribution is 7.89. The number of benzene rings is 2. The summed E-state index contributed by atoms with van der Waals surface area (Å²) in [6, 6.07) is 11.7. The SMILES string of the molecule is COc1ccc(S(=O)(=O)N2CCC(C(=O)N[C@@H](c3ccc(F)cc3)c3nccn3C)CC2)cc1. The van der Waals surface area contributed by atoms with Gasteiger partial charge in [-0.2, -0.15) is 4.31 Å². The van der Waals surface area contributed by atoms with Gasteiger partial charge in [-0.3, -0.25) is 4.79 Å². The van der Waals surface area contributed by atoms with Gasteiger partial charge in [-0.1, -0.05) is 12.1 Å². The number of sulfonamides is 1. The highest BCUT2D eigenvalue weighted by Crippen LogP contribution is 2.27.